The molecule has 12 nitrogen and oxygen atoms in total. The summed E-state index contributed by atoms with van der Waals surface area (Å²) >= 11 is 3.02. The number of amides is 2. The Morgan fingerprint density at radius 2 is 0.983 bits per heavy atom. The SMILES string of the molecule is O=C(O)c1cccc(-c2csc([C@H]3CCCCN3C(=O)COc3ccccc3)n2)c1.O=C(O)c1cccc(-c2csc([C@H]3CCCCN3C(=O)COc3ccccc3)n2)c1. The molecule has 2 atom stereocenters. The summed E-state index contributed by atoms with van der Waals surface area (Å²) in [4.78, 5) is 61.4. The first-order chi connectivity index (χ1) is 29.2. The van der Waals surface area contributed by atoms with Crippen LogP contribution < -0.4 is 9.47 Å². The number of hydrogen-bond donors (Lipinski definition) is 2. The third-order valence-corrected chi connectivity index (χ3v) is 12.2. The second-order valence-electron chi connectivity index (χ2n) is 14.3. The Morgan fingerprint density at radius 3 is 1.38 bits per heavy atom. The monoisotopic (exact) mass is 844 g/mol. The van der Waals surface area contributed by atoms with Crippen LogP contribution in [0.2, 0.25) is 0 Å². The Kier molecular flexibility index (Phi) is 14.0. The average Bonchev–Trinajstić information content (AvgIpc) is 4.00. The summed E-state index contributed by atoms with van der Waals surface area (Å²) in [6, 6.07) is 32.0. The lowest BCUT2D eigenvalue weighted by molar-refractivity contribution is -0.138. The fourth-order valence-corrected chi connectivity index (χ4v) is 9.18. The van der Waals surface area contributed by atoms with Crippen molar-refractivity contribution in [2.75, 3.05) is 26.3 Å². The summed E-state index contributed by atoms with van der Waals surface area (Å²) in [6.45, 7) is 1.37. The van der Waals surface area contributed by atoms with Crippen LogP contribution >= 0.6 is 22.7 Å². The van der Waals surface area contributed by atoms with E-state index in [4.69, 9.17) is 19.4 Å². The quantitative estimate of drug-likeness (QED) is 0.122. The smallest absolute Gasteiger partial charge is 0.335 e. The van der Waals surface area contributed by atoms with Crippen LogP contribution in [-0.4, -0.2) is 80.0 Å². The highest BCUT2D eigenvalue weighted by molar-refractivity contribution is 7.10. The number of aromatic nitrogens is 2. The summed E-state index contributed by atoms with van der Waals surface area (Å²) in [5.41, 5.74) is 3.45. The maximum atomic E-state index is 12.9. The normalized spacial score (nSPS) is 16.3. The van der Waals surface area contributed by atoms with Gasteiger partial charge in [0.15, 0.2) is 13.2 Å². The molecule has 8 rings (SSSR count). The first kappa shape index (κ1) is 41.8. The third-order valence-electron chi connectivity index (χ3n) is 10.3. The second kappa shape index (κ2) is 20.1. The molecule has 2 aliphatic rings. The molecule has 0 bridgehead atoms. The van der Waals surface area contributed by atoms with Crippen LogP contribution in [0, 0.1) is 0 Å². The van der Waals surface area contributed by atoms with Crippen molar-refractivity contribution < 1.29 is 38.9 Å². The van der Waals surface area contributed by atoms with E-state index in [0.717, 1.165) is 71.1 Å². The molecule has 14 heteroatoms. The molecule has 308 valence electrons. The Bertz CT molecular complexity index is 2240. The standard InChI is InChI=1S/2C23H22N2O4S/c2*26-21(14-29-18-9-2-1-3-10-18)25-12-5-4-11-20(25)22-24-19(15-30-22)16-7-6-8-17(13-16)23(27)28/h2*1-3,6-10,13,15,20H,4-5,11-12,14H2,(H,27,28)/t2*20-/m11/s1. The predicted molar refractivity (Wildman–Crippen MR) is 230 cm³/mol. The number of carbonyl (C=O) groups is 4. The van der Waals surface area contributed by atoms with E-state index in [1.54, 1.807) is 36.4 Å². The van der Waals surface area contributed by atoms with Gasteiger partial charge in [-0.05, 0) is 87.1 Å². The maximum Gasteiger partial charge on any atom is 0.335 e. The first-order valence-electron chi connectivity index (χ1n) is 19.8. The summed E-state index contributed by atoms with van der Waals surface area (Å²) in [6.07, 6.45) is 5.73. The number of ether oxygens (including phenoxy) is 2. The molecule has 0 saturated carbocycles. The fourth-order valence-electron chi connectivity index (χ4n) is 7.23. The van der Waals surface area contributed by atoms with Crippen LogP contribution in [0.5, 0.6) is 11.5 Å². The molecule has 2 N–H and O–H groups in total. The average molecular weight is 845 g/mol. The van der Waals surface area contributed by atoms with Crippen molar-refractivity contribution in [3.8, 4) is 34.0 Å². The zero-order valence-corrected chi connectivity index (χ0v) is 34.4. The van der Waals surface area contributed by atoms with E-state index < -0.39 is 11.9 Å². The molecule has 60 heavy (non-hydrogen) atoms. The minimum atomic E-state index is -0.963. The minimum Gasteiger partial charge on any atom is -0.484 e. The number of nitrogens with zero attached hydrogens (tertiary/aromatic N) is 4. The number of para-hydroxylation sites is 2. The van der Waals surface area contributed by atoms with E-state index >= 15 is 0 Å². The molecule has 2 amide bonds. The molecule has 0 radical (unpaired) electrons. The highest BCUT2D eigenvalue weighted by atomic mass is 32.1. The Labute approximate surface area is 355 Å². The number of aromatic carboxylic acids is 2. The van der Waals surface area contributed by atoms with Gasteiger partial charge < -0.3 is 29.5 Å². The van der Waals surface area contributed by atoms with Crippen LogP contribution in [0.1, 0.15) is 81.3 Å². The summed E-state index contributed by atoms with van der Waals surface area (Å²) < 4.78 is 11.3. The molecule has 6 aromatic rings. The van der Waals surface area contributed by atoms with Gasteiger partial charge >= 0.3 is 11.9 Å². The second-order valence-corrected chi connectivity index (χ2v) is 16.1. The van der Waals surface area contributed by atoms with E-state index in [-0.39, 0.29) is 48.2 Å². The molecule has 2 aromatic heterocycles. The van der Waals surface area contributed by atoms with Gasteiger partial charge in [0.1, 0.15) is 21.5 Å². The van der Waals surface area contributed by atoms with Crippen molar-refractivity contribution in [1.29, 1.82) is 0 Å². The van der Waals surface area contributed by atoms with Gasteiger partial charge in [0.05, 0.1) is 34.6 Å². The molecule has 2 saturated heterocycles. The van der Waals surface area contributed by atoms with Crippen molar-refractivity contribution in [1.82, 2.24) is 19.8 Å². The number of thiazole rings is 2. The largest absolute Gasteiger partial charge is 0.484 e. The van der Waals surface area contributed by atoms with E-state index in [9.17, 15) is 29.4 Å². The van der Waals surface area contributed by atoms with E-state index in [1.807, 2.05) is 93.4 Å². The van der Waals surface area contributed by atoms with Gasteiger partial charge in [-0.25, -0.2) is 19.6 Å². The molecule has 0 aliphatic carbocycles. The van der Waals surface area contributed by atoms with Gasteiger partial charge in [-0.3, -0.25) is 9.59 Å². The zero-order valence-electron chi connectivity index (χ0n) is 32.7. The number of carboxylic acids is 2. The maximum absolute atomic E-state index is 12.9. The van der Waals surface area contributed by atoms with Crippen molar-refractivity contribution >= 4 is 46.4 Å². The van der Waals surface area contributed by atoms with Gasteiger partial charge in [0.2, 0.25) is 0 Å². The van der Waals surface area contributed by atoms with Crippen LogP contribution in [0.25, 0.3) is 22.5 Å². The van der Waals surface area contributed by atoms with Crippen LogP contribution in [0.4, 0.5) is 0 Å². The molecular formula is C46H44N4O8S2. The Hall–Kier alpha value is -6.38. The summed E-state index contributed by atoms with van der Waals surface area (Å²) in [7, 11) is 0. The lowest BCUT2D eigenvalue weighted by Gasteiger charge is -2.34. The number of carboxylic acid groups (broad SMARTS) is 2. The highest BCUT2D eigenvalue weighted by Crippen LogP contribution is 2.37. The highest BCUT2D eigenvalue weighted by Gasteiger charge is 2.32. The van der Waals surface area contributed by atoms with E-state index in [1.165, 1.54) is 22.7 Å². The lowest BCUT2D eigenvalue weighted by Crippen LogP contribution is -2.41. The number of carbonyl (C=O) groups excluding carboxylic acids is 2. The van der Waals surface area contributed by atoms with Crippen molar-refractivity contribution in [3.05, 3.63) is 141 Å². The van der Waals surface area contributed by atoms with Crippen molar-refractivity contribution in [2.45, 2.75) is 50.6 Å². The molecular weight excluding hydrogens is 801 g/mol. The zero-order chi connectivity index (χ0) is 41.8. The first-order valence-corrected chi connectivity index (χ1v) is 21.5. The number of benzene rings is 4. The number of likely N-dealkylation sites (tertiary alicyclic amines) is 2. The lowest BCUT2D eigenvalue weighted by atomic mass is 10.0. The van der Waals surface area contributed by atoms with Crippen molar-refractivity contribution in [2.24, 2.45) is 0 Å². The van der Waals surface area contributed by atoms with Crippen molar-refractivity contribution in [3.63, 3.8) is 0 Å². The molecule has 2 fully saturated rings. The Morgan fingerprint density at radius 1 is 0.567 bits per heavy atom. The summed E-state index contributed by atoms with van der Waals surface area (Å²) in [5, 5.41) is 24.0. The topological polar surface area (TPSA) is 159 Å². The van der Waals surface area contributed by atoms with Gasteiger partial charge in [0, 0.05) is 35.0 Å². The summed E-state index contributed by atoms with van der Waals surface area (Å²) in [5.74, 6) is -0.672. The Balaban J connectivity index is 0.000000181. The van der Waals surface area contributed by atoms with Crippen LogP contribution in [0.15, 0.2) is 120 Å². The molecule has 2 aliphatic heterocycles. The number of hydrogen-bond acceptors (Lipinski definition) is 10. The van der Waals surface area contributed by atoms with E-state index in [0.29, 0.717) is 24.6 Å². The van der Waals surface area contributed by atoms with Gasteiger partial charge in [-0.15, -0.1) is 22.7 Å². The number of piperidine rings is 2. The molecule has 4 aromatic carbocycles. The van der Waals surface area contributed by atoms with Crippen LogP contribution in [-0.2, 0) is 9.59 Å². The van der Waals surface area contributed by atoms with Gasteiger partial charge in [-0.1, -0.05) is 60.7 Å². The third kappa shape index (κ3) is 10.6. The van der Waals surface area contributed by atoms with Gasteiger partial charge in [0.25, 0.3) is 11.8 Å². The molecule has 0 unspecified atom stereocenters. The molecule has 0 spiro atoms. The fraction of sp³-hybridized carbons (Fsp3) is 0.261. The minimum absolute atomic E-state index is 0.000593. The number of rotatable bonds is 12. The molecule has 4 heterocycles. The predicted octanol–water partition coefficient (Wildman–Crippen LogP) is 9.28. The van der Waals surface area contributed by atoms with Gasteiger partial charge in [-0.2, -0.15) is 0 Å². The van der Waals surface area contributed by atoms with Crippen LogP contribution in [0.3, 0.4) is 0 Å². The van der Waals surface area contributed by atoms with E-state index in [2.05, 4.69) is 0 Å².